The minimum absolute atomic E-state index is 0.291. The summed E-state index contributed by atoms with van der Waals surface area (Å²) in [6.45, 7) is 3.15. The number of nitrogens with two attached hydrogens (primary N) is 1. The molecule has 1 aromatic rings. The van der Waals surface area contributed by atoms with Gasteiger partial charge >= 0.3 is 0 Å². The van der Waals surface area contributed by atoms with Crippen LogP contribution in [0.3, 0.4) is 0 Å². The second-order valence-electron chi connectivity index (χ2n) is 3.95. The Labute approximate surface area is 96.9 Å². The molecule has 0 aromatic carbocycles. The van der Waals surface area contributed by atoms with Gasteiger partial charge in [0.1, 0.15) is 5.82 Å². The van der Waals surface area contributed by atoms with Crippen molar-refractivity contribution in [2.45, 2.75) is 32.6 Å². The number of aliphatic hydroxyl groups excluding tert-OH is 1. The first-order valence-corrected chi connectivity index (χ1v) is 5.81. The van der Waals surface area contributed by atoms with Crippen molar-refractivity contribution in [3.05, 3.63) is 17.8 Å². The Bertz CT molecular complexity index is 315. The number of anilines is 2. The van der Waals surface area contributed by atoms with Gasteiger partial charge in [-0.2, -0.15) is 0 Å². The first-order chi connectivity index (χ1) is 7.75. The fraction of sp³-hybridized carbons (Fsp3) is 0.583. The van der Waals surface area contributed by atoms with Gasteiger partial charge in [0.05, 0.1) is 5.69 Å². The van der Waals surface area contributed by atoms with E-state index in [1.54, 1.807) is 6.20 Å². The van der Waals surface area contributed by atoms with Gasteiger partial charge in [-0.1, -0.05) is 12.8 Å². The average Bonchev–Trinajstić information content (AvgIpc) is 2.29. The summed E-state index contributed by atoms with van der Waals surface area (Å²) in [5, 5.41) is 11.9. The molecule has 4 nitrogen and oxygen atoms in total. The molecule has 4 heteroatoms. The van der Waals surface area contributed by atoms with Crippen LogP contribution in [0, 0.1) is 6.92 Å². The van der Waals surface area contributed by atoms with Gasteiger partial charge in [0.25, 0.3) is 0 Å². The van der Waals surface area contributed by atoms with E-state index < -0.39 is 0 Å². The molecule has 0 aliphatic heterocycles. The Balaban J connectivity index is 2.24. The molecule has 0 radical (unpaired) electrons. The summed E-state index contributed by atoms with van der Waals surface area (Å²) in [7, 11) is 0. The molecule has 4 N–H and O–H groups in total. The third-order valence-electron chi connectivity index (χ3n) is 2.59. The van der Waals surface area contributed by atoms with Crippen LogP contribution in [-0.4, -0.2) is 23.2 Å². The smallest absolute Gasteiger partial charge is 0.149 e. The molecule has 1 rings (SSSR count). The van der Waals surface area contributed by atoms with Crippen LogP contribution in [0.4, 0.5) is 11.5 Å². The van der Waals surface area contributed by atoms with E-state index >= 15 is 0 Å². The lowest BCUT2D eigenvalue weighted by Gasteiger charge is -2.09. The Morgan fingerprint density at radius 1 is 1.31 bits per heavy atom. The number of pyridine rings is 1. The summed E-state index contributed by atoms with van der Waals surface area (Å²) in [6.07, 6.45) is 5.94. The van der Waals surface area contributed by atoms with Crippen LogP contribution >= 0.6 is 0 Å². The topological polar surface area (TPSA) is 71.2 Å². The molecule has 0 saturated carbocycles. The molecule has 0 aliphatic carbocycles. The number of hydrogen-bond donors (Lipinski definition) is 3. The fourth-order valence-electron chi connectivity index (χ4n) is 1.51. The molecule has 0 saturated heterocycles. The number of unbranched alkanes of at least 4 members (excludes halogenated alkanes) is 3. The predicted molar refractivity (Wildman–Crippen MR) is 67.4 cm³/mol. The molecule has 0 fully saturated rings. The number of aryl methyl sites for hydroxylation is 1. The molecule has 16 heavy (non-hydrogen) atoms. The first-order valence-electron chi connectivity index (χ1n) is 5.81. The zero-order valence-electron chi connectivity index (χ0n) is 9.87. The number of hydrogen-bond acceptors (Lipinski definition) is 4. The highest BCUT2D eigenvalue weighted by Gasteiger charge is 2.01. The third kappa shape index (κ3) is 4.06. The molecule has 1 heterocycles. The van der Waals surface area contributed by atoms with Crippen LogP contribution in [0.5, 0.6) is 0 Å². The van der Waals surface area contributed by atoms with Gasteiger partial charge in [-0.25, -0.2) is 4.98 Å². The monoisotopic (exact) mass is 223 g/mol. The number of aromatic nitrogens is 1. The standard InChI is InChI=1S/C12H21N3O/c1-10-6-8-15-12(11(10)13)14-7-4-2-3-5-9-16/h6,8,16H,2-5,7,9,13H2,1H3,(H,14,15). The number of rotatable bonds is 7. The second kappa shape index (κ2) is 7.06. The Morgan fingerprint density at radius 2 is 2.06 bits per heavy atom. The van der Waals surface area contributed by atoms with E-state index in [2.05, 4.69) is 10.3 Å². The number of aliphatic hydroxyl groups is 1. The summed E-state index contributed by atoms with van der Waals surface area (Å²) in [4.78, 5) is 4.20. The van der Waals surface area contributed by atoms with Crippen LogP contribution in [-0.2, 0) is 0 Å². The summed E-state index contributed by atoms with van der Waals surface area (Å²) < 4.78 is 0. The maximum absolute atomic E-state index is 8.63. The van der Waals surface area contributed by atoms with E-state index in [1.165, 1.54) is 0 Å². The highest BCUT2D eigenvalue weighted by atomic mass is 16.2. The van der Waals surface area contributed by atoms with Crippen LogP contribution in [0.2, 0.25) is 0 Å². The number of nitrogens with one attached hydrogen (secondary N) is 1. The molecule has 0 amide bonds. The maximum Gasteiger partial charge on any atom is 0.149 e. The van der Waals surface area contributed by atoms with Gasteiger partial charge in [0, 0.05) is 19.3 Å². The van der Waals surface area contributed by atoms with Crippen molar-refractivity contribution in [1.29, 1.82) is 0 Å². The normalized spacial score (nSPS) is 10.4. The van der Waals surface area contributed by atoms with Crippen molar-refractivity contribution in [2.24, 2.45) is 0 Å². The molecular formula is C12H21N3O. The van der Waals surface area contributed by atoms with Gasteiger partial charge in [0.15, 0.2) is 0 Å². The molecule has 0 bridgehead atoms. The van der Waals surface area contributed by atoms with E-state index in [1.807, 2.05) is 13.0 Å². The Hall–Kier alpha value is -1.29. The summed E-state index contributed by atoms with van der Waals surface area (Å²) >= 11 is 0. The van der Waals surface area contributed by atoms with Gasteiger partial charge in [-0.15, -0.1) is 0 Å². The van der Waals surface area contributed by atoms with E-state index in [4.69, 9.17) is 10.8 Å². The van der Waals surface area contributed by atoms with E-state index in [-0.39, 0.29) is 0 Å². The largest absolute Gasteiger partial charge is 0.396 e. The fourth-order valence-corrected chi connectivity index (χ4v) is 1.51. The van der Waals surface area contributed by atoms with Gasteiger partial charge in [-0.05, 0) is 31.4 Å². The third-order valence-corrected chi connectivity index (χ3v) is 2.59. The molecular weight excluding hydrogens is 202 g/mol. The van der Waals surface area contributed by atoms with Crippen molar-refractivity contribution in [3.63, 3.8) is 0 Å². The SMILES string of the molecule is Cc1ccnc(NCCCCCCO)c1N. The van der Waals surface area contributed by atoms with Crippen LogP contribution in [0.1, 0.15) is 31.2 Å². The van der Waals surface area contributed by atoms with E-state index in [0.717, 1.165) is 49.3 Å². The lowest BCUT2D eigenvalue weighted by atomic mass is 10.2. The minimum atomic E-state index is 0.291. The van der Waals surface area contributed by atoms with Crippen molar-refractivity contribution < 1.29 is 5.11 Å². The molecule has 0 unspecified atom stereocenters. The quantitative estimate of drug-likeness (QED) is 0.618. The highest BCUT2D eigenvalue weighted by molar-refractivity contribution is 5.64. The molecule has 0 spiro atoms. The summed E-state index contributed by atoms with van der Waals surface area (Å²) in [6, 6.07) is 1.90. The first kappa shape index (κ1) is 12.8. The van der Waals surface area contributed by atoms with Crippen molar-refractivity contribution >= 4 is 11.5 Å². The zero-order valence-corrected chi connectivity index (χ0v) is 9.87. The molecule has 0 atom stereocenters. The highest BCUT2D eigenvalue weighted by Crippen LogP contribution is 2.18. The maximum atomic E-state index is 8.63. The Kier molecular flexibility index (Phi) is 5.64. The van der Waals surface area contributed by atoms with Crippen molar-refractivity contribution in [2.75, 3.05) is 24.2 Å². The molecule has 90 valence electrons. The summed E-state index contributed by atoms with van der Waals surface area (Å²) in [5.41, 5.74) is 7.67. The van der Waals surface area contributed by atoms with Gasteiger partial charge in [0.2, 0.25) is 0 Å². The minimum Gasteiger partial charge on any atom is -0.396 e. The summed E-state index contributed by atoms with van der Waals surface area (Å²) in [5.74, 6) is 0.780. The average molecular weight is 223 g/mol. The van der Waals surface area contributed by atoms with Crippen LogP contribution < -0.4 is 11.1 Å². The van der Waals surface area contributed by atoms with Crippen molar-refractivity contribution in [3.8, 4) is 0 Å². The molecule has 0 aliphatic rings. The second-order valence-corrected chi connectivity index (χ2v) is 3.95. The lowest BCUT2D eigenvalue weighted by Crippen LogP contribution is -2.07. The van der Waals surface area contributed by atoms with Crippen LogP contribution in [0.25, 0.3) is 0 Å². The molecule has 1 aromatic heterocycles. The van der Waals surface area contributed by atoms with Crippen LogP contribution in [0.15, 0.2) is 12.3 Å². The Morgan fingerprint density at radius 3 is 2.81 bits per heavy atom. The van der Waals surface area contributed by atoms with E-state index in [9.17, 15) is 0 Å². The van der Waals surface area contributed by atoms with Gasteiger partial charge < -0.3 is 16.2 Å². The van der Waals surface area contributed by atoms with E-state index in [0.29, 0.717) is 6.61 Å². The predicted octanol–water partition coefficient (Wildman–Crippen LogP) is 1.94. The van der Waals surface area contributed by atoms with Crippen molar-refractivity contribution in [1.82, 2.24) is 4.98 Å². The van der Waals surface area contributed by atoms with Gasteiger partial charge in [-0.3, -0.25) is 0 Å². The zero-order chi connectivity index (χ0) is 11.8. The lowest BCUT2D eigenvalue weighted by molar-refractivity contribution is 0.283. The number of nitrogens with zero attached hydrogens (tertiary/aromatic N) is 1. The number of nitrogen functional groups attached to an aromatic ring is 1.